The van der Waals surface area contributed by atoms with Gasteiger partial charge in [0.1, 0.15) is 11.6 Å². The van der Waals surface area contributed by atoms with Crippen molar-refractivity contribution in [2.75, 3.05) is 10.0 Å². The highest BCUT2D eigenvalue weighted by Gasteiger charge is 2.22. The van der Waals surface area contributed by atoms with Crippen molar-refractivity contribution >= 4 is 27.5 Å². The molecule has 2 aromatic carbocycles. The summed E-state index contributed by atoms with van der Waals surface area (Å²) in [6, 6.07) is 7.11. The number of aryl methyl sites for hydroxylation is 2. The van der Waals surface area contributed by atoms with Crippen LogP contribution in [0.15, 0.2) is 45.8 Å². The average molecular weight is 421 g/mol. The molecule has 29 heavy (non-hydrogen) atoms. The molecule has 0 bridgehead atoms. The lowest BCUT2D eigenvalue weighted by molar-refractivity contribution is -0.114. The van der Waals surface area contributed by atoms with Crippen molar-refractivity contribution in [1.82, 2.24) is 5.16 Å². The zero-order chi connectivity index (χ0) is 21.3. The Morgan fingerprint density at radius 1 is 1.10 bits per heavy atom. The van der Waals surface area contributed by atoms with Gasteiger partial charge in [0.2, 0.25) is 11.8 Å². The van der Waals surface area contributed by atoms with Crippen LogP contribution < -0.4 is 10.0 Å². The van der Waals surface area contributed by atoms with Crippen LogP contribution in [0.1, 0.15) is 18.2 Å². The van der Waals surface area contributed by atoms with Gasteiger partial charge >= 0.3 is 0 Å². The van der Waals surface area contributed by atoms with Crippen LogP contribution >= 0.6 is 0 Å². The Balaban J connectivity index is 2.06. The van der Waals surface area contributed by atoms with Crippen LogP contribution in [0, 0.1) is 25.5 Å². The normalized spacial score (nSPS) is 11.3. The number of sulfonamides is 1. The van der Waals surface area contributed by atoms with Gasteiger partial charge in [0.25, 0.3) is 10.0 Å². The smallest absolute Gasteiger partial charge is 0.262 e. The molecule has 0 unspecified atom stereocenters. The van der Waals surface area contributed by atoms with Gasteiger partial charge in [-0.3, -0.25) is 14.8 Å². The van der Waals surface area contributed by atoms with Crippen molar-refractivity contribution in [2.24, 2.45) is 0 Å². The Labute approximate surface area is 165 Å². The number of hydrogen-bond donors (Lipinski definition) is 2. The first-order valence-corrected chi connectivity index (χ1v) is 9.89. The predicted octanol–water partition coefficient (Wildman–Crippen LogP) is 4.00. The van der Waals surface area contributed by atoms with Gasteiger partial charge in [0.15, 0.2) is 0 Å². The first kappa shape index (κ1) is 20.5. The molecule has 1 aromatic heterocycles. The molecular formula is C19H17F2N3O4S. The largest absolute Gasteiger partial charge is 0.337 e. The molecular weight excluding hydrogens is 404 g/mol. The summed E-state index contributed by atoms with van der Waals surface area (Å²) in [4.78, 5) is 11.3. The van der Waals surface area contributed by atoms with E-state index >= 15 is 0 Å². The number of amides is 1. The molecule has 0 aliphatic heterocycles. The molecule has 3 aromatic rings. The summed E-state index contributed by atoms with van der Waals surface area (Å²) in [5.74, 6) is -2.15. The number of carbonyl (C=O) groups excluding carboxylic acids is 1. The molecule has 0 saturated heterocycles. The monoisotopic (exact) mass is 421 g/mol. The maximum atomic E-state index is 13.9. The van der Waals surface area contributed by atoms with E-state index in [9.17, 15) is 22.0 Å². The minimum Gasteiger partial charge on any atom is -0.337 e. The second kappa shape index (κ2) is 7.63. The van der Waals surface area contributed by atoms with E-state index in [1.54, 1.807) is 26.0 Å². The number of nitrogens with one attached hydrogen (secondary N) is 2. The van der Waals surface area contributed by atoms with Gasteiger partial charge in [0, 0.05) is 13.0 Å². The number of benzene rings is 2. The molecule has 1 amide bonds. The van der Waals surface area contributed by atoms with Gasteiger partial charge in [-0.2, -0.15) is 0 Å². The Kier molecular flexibility index (Phi) is 5.38. The van der Waals surface area contributed by atoms with Gasteiger partial charge in [-0.05, 0) is 43.2 Å². The summed E-state index contributed by atoms with van der Waals surface area (Å²) < 4.78 is 59.9. The zero-order valence-corrected chi connectivity index (χ0v) is 16.5. The Hall–Kier alpha value is -3.27. The third-order valence-electron chi connectivity index (χ3n) is 4.09. The van der Waals surface area contributed by atoms with E-state index in [1.165, 1.54) is 13.0 Å². The summed E-state index contributed by atoms with van der Waals surface area (Å²) in [5, 5.41) is 6.31. The summed E-state index contributed by atoms with van der Waals surface area (Å²) in [7, 11) is -4.19. The molecule has 0 atom stereocenters. The van der Waals surface area contributed by atoms with Crippen LogP contribution in [0.5, 0.6) is 0 Å². The summed E-state index contributed by atoms with van der Waals surface area (Å²) in [6.45, 7) is 4.52. The predicted molar refractivity (Wildman–Crippen MR) is 103 cm³/mol. The van der Waals surface area contributed by atoms with Gasteiger partial charge in [0.05, 0.1) is 21.8 Å². The molecule has 0 spiro atoms. The van der Waals surface area contributed by atoms with Crippen LogP contribution in [0.25, 0.3) is 11.1 Å². The van der Waals surface area contributed by atoms with E-state index in [0.717, 1.165) is 12.1 Å². The Morgan fingerprint density at radius 3 is 2.48 bits per heavy atom. The molecule has 1 heterocycles. The minimum absolute atomic E-state index is 0.0831. The Bertz CT molecular complexity index is 1210. The average Bonchev–Trinajstić information content (AvgIpc) is 2.97. The number of nitrogens with zero attached hydrogens (tertiary/aromatic N) is 1. The summed E-state index contributed by atoms with van der Waals surface area (Å²) >= 11 is 0. The summed E-state index contributed by atoms with van der Waals surface area (Å²) in [5.41, 5.74) is 1.32. The van der Waals surface area contributed by atoms with E-state index in [-0.39, 0.29) is 22.4 Å². The van der Waals surface area contributed by atoms with Crippen molar-refractivity contribution in [3.63, 3.8) is 0 Å². The fraction of sp³-hybridized carbons (Fsp3) is 0.158. The highest BCUT2D eigenvalue weighted by atomic mass is 32.2. The lowest BCUT2D eigenvalue weighted by Crippen LogP contribution is -2.15. The molecule has 0 fully saturated rings. The molecule has 7 nitrogen and oxygen atoms in total. The quantitative estimate of drug-likeness (QED) is 0.649. The number of halogens is 2. The second-order valence-electron chi connectivity index (χ2n) is 6.36. The Morgan fingerprint density at radius 2 is 1.83 bits per heavy atom. The van der Waals surface area contributed by atoms with Crippen molar-refractivity contribution in [2.45, 2.75) is 25.7 Å². The van der Waals surface area contributed by atoms with Gasteiger partial charge in [-0.25, -0.2) is 17.2 Å². The van der Waals surface area contributed by atoms with Crippen molar-refractivity contribution in [3.8, 4) is 11.1 Å². The molecule has 10 heteroatoms. The lowest BCUT2D eigenvalue weighted by atomic mass is 10.0. The number of carbonyl (C=O) groups is 1. The fourth-order valence-electron chi connectivity index (χ4n) is 2.77. The molecule has 0 aliphatic rings. The van der Waals surface area contributed by atoms with E-state index < -0.39 is 21.7 Å². The van der Waals surface area contributed by atoms with E-state index in [1.807, 2.05) is 0 Å². The molecule has 0 saturated carbocycles. The van der Waals surface area contributed by atoms with Crippen molar-refractivity contribution in [1.29, 1.82) is 0 Å². The first-order chi connectivity index (χ1) is 13.6. The van der Waals surface area contributed by atoms with Crippen LogP contribution in [0.4, 0.5) is 20.4 Å². The number of rotatable bonds is 5. The summed E-state index contributed by atoms with van der Waals surface area (Å²) in [6.07, 6.45) is 0. The maximum absolute atomic E-state index is 13.9. The molecule has 2 N–H and O–H groups in total. The van der Waals surface area contributed by atoms with Gasteiger partial charge < -0.3 is 4.52 Å². The van der Waals surface area contributed by atoms with Gasteiger partial charge in [-0.15, -0.1) is 0 Å². The molecule has 152 valence electrons. The highest BCUT2D eigenvalue weighted by Crippen LogP contribution is 2.34. The number of hydrogen-bond acceptors (Lipinski definition) is 5. The minimum atomic E-state index is -4.19. The van der Waals surface area contributed by atoms with Crippen molar-refractivity contribution < 1.29 is 26.5 Å². The number of aromatic nitrogens is 1. The first-order valence-electron chi connectivity index (χ1n) is 8.41. The van der Waals surface area contributed by atoms with Gasteiger partial charge in [-0.1, -0.05) is 17.3 Å². The molecule has 3 rings (SSSR count). The standard InChI is InChI=1S/C19H17F2N3O4S/c1-10-4-5-13(18-11(2)23-28-19(18)22-12(3)25)8-17(10)29(26,27)24-16-7-6-14(20)9-15(16)21/h4-9,24H,1-3H3,(H,22,25). The lowest BCUT2D eigenvalue weighted by Gasteiger charge is -2.13. The topological polar surface area (TPSA) is 101 Å². The fourth-order valence-corrected chi connectivity index (χ4v) is 4.11. The third kappa shape index (κ3) is 4.27. The molecule has 0 aliphatic carbocycles. The molecule has 0 radical (unpaired) electrons. The van der Waals surface area contributed by atoms with E-state index in [0.29, 0.717) is 28.5 Å². The van der Waals surface area contributed by atoms with Crippen LogP contribution in [0.3, 0.4) is 0 Å². The van der Waals surface area contributed by atoms with E-state index in [2.05, 4.69) is 15.2 Å². The highest BCUT2D eigenvalue weighted by molar-refractivity contribution is 7.92. The zero-order valence-electron chi connectivity index (χ0n) is 15.7. The maximum Gasteiger partial charge on any atom is 0.262 e. The van der Waals surface area contributed by atoms with E-state index in [4.69, 9.17) is 4.52 Å². The van der Waals surface area contributed by atoms with Crippen molar-refractivity contribution in [3.05, 3.63) is 59.3 Å². The number of anilines is 2. The van der Waals surface area contributed by atoms with Crippen LogP contribution in [0.2, 0.25) is 0 Å². The second-order valence-corrected chi connectivity index (χ2v) is 8.01. The SMILES string of the molecule is CC(=O)Nc1onc(C)c1-c1ccc(C)c(S(=O)(=O)Nc2ccc(F)cc2F)c1. The van der Waals surface area contributed by atoms with Crippen LogP contribution in [-0.2, 0) is 14.8 Å². The third-order valence-corrected chi connectivity index (χ3v) is 5.60. The van der Waals surface area contributed by atoms with Crippen LogP contribution in [-0.4, -0.2) is 19.5 Å².